The number of fused-ring (bicyclic) bond motifs is 6. The molecule has 0 bridgehead atoms. The molecule has 5 nitrogen and oxygen atoms in total. The van der Waals surface area contributed by atoms with Crippen LogP contribution in [0.2, 0.25) is 0 Å². The largest absolute Gasteiger partial charge is 0.456 e. The molecule has 1 unspecified atom stereocenters. The lowest BCUT2D eigenvalue weighted by Gasteiger charge is -2.23. The van der Waals surface area contributed by atoms with Gasteiger partial charge in [0.05, 0.1) is 0 Å². The fourth-order valence-corrected chi connectivity index (χ4v) is 7.12. The maximum Gasteiger partial charge on any atom is 0.170 e. The molecule has 1 aliphatic rings. The van der Waals surface area contributed by atoms with Crippen LogP contribution < -0.4 is 5.32 Å². The van der Waals surface area contributed by atoms with Gasteiger partial charge in [-0.1, -0.05) is 140 Å². The third-order valence-corrected chi connectivity index (χ3v) is 9.58. The number of hydrogen-bond donors (Lipinski definition) is 1. The number of hydrogen-bond acceptors (Lipinski definition) is 5. The van der Waals surface area contributed by atoms with E-state index < -0.39 is 6.17 Å². The summed E-state index contributed by atoms with van der Waals surface area (Å²) in [5.74, 6) is 1.49. The summed E-state index contributed by atoms with van der Waals surface area (Å²) < 4.78 is 12.9. The normalized spacial score (nSPS) is 14.6. The van der Waals surface area contributed by atoms with Crippen molar-refractivity contribution in [1.29, 1.82) is 0 Å². The van der Waals surface area contributed by atoms with Crippen molar-refractivity contribution in [2.75, 3.05) is 0 Å². The molecule has 1 N–H and O–H groups in total. The lowest BCUT2D eigenvalue weighted by molar-refractivity contribution is 0.668. The van der Waals surface area contributed by atoms with Crippen LogP contribution in [0, 0.1) is 0 Å². The van der Waals surface area contributed by atoms with Crippen LogP contribution in [0.1, 0.15) is 22.9 Å². The highest BCUT2D eigenvalue weighted by molar-refractivity contribution is 6.18. The van der Waals surface area contributed by atoms with Crippen molar-refractivity contribution in [2.45, 2.75) is 6.17 Å². The van der Waals surface area contributed by atoms with Crippen molar-refractivity contribution < 1.29 is 8.83 Å². The molecule has 0 saturated carbocycles. The van der Waals surface area contributed by atoms with E-state index >= 15 is 0 Å². The van der Waals surface area contributed by atoms with Crippen molar-refractivity contribution >= 4 is 55.5 Å². The molecule has 2 aromatic heterocycles. The maximum atomic E-state index is 6.66. The first-order chi connectivity index (χ1) is 24.8. The van der Waals surface area contributed by atoms with Gasteiger partial charge in [0.2, 0.25) is 0 Å². The van der Waals surface area contributed by atoms with Gasteiger partial charge < -0.3 is 14.2 Å². The van der Waals surface area contributed by atoms with E-state index in [0.717, 1.165) is 83.4 Å². The van der Waals surface area contributed by atoms with E-state index in [1.807, 2.05) is 54.6 Å². The van der Waals surface area contributed by atoms with Gasteiger partial charge in [0.1, 0.15) is 34.0 Å². The fourth-order valence-electron chi connectivity index (χ4n) is 7.12. The SMILES string of the molecule is c1ccc(C2=NC(c3ccc(-c4ccc(-c5ccccc5)cc4)c4oc5ccccc5c34)N=C(c3ccc4c(c3)oc3ccccc34)N2)cc1. The lowest BCUT2D eigenvalue weighted by Crippen LogP contribution is -2.36. The average Bonchev–Trinajstić information content (AvgIpc) is 3.77. The topological polar surface area (TPSA) is 63.0 Å². The van der Waals surface area contributed by atoms with Crippen molar-refractivity contribution in [2.24, 2.45) is 9.98 Å². The van der Waals surface area contributed by atoms with Gasteiger partial charge in [-0.2, -0.15) is 0 Å². The first-order valence-corrected chi connectivity index (χ1v) is 16.8. The number of rotatable bonds is 5. The van der Waals surface area contributed by atoms with Crippen molar-refractivity contribution in [1.82, 2.24) is 5.32 Å². The summed E-state index contributed by atoms with van der Waals surface area (Å²) in [4.78, 5) is 10.5. The van der Waals surface area contributed by atoms with Gasteiger partial charge in [0.15, 0.2) is 6.17 Å². The van der Waals surface area contributed by atoms with Gasteiger partial charge in [0.25, 0.3) is 0 Å². The summed E-state index contributed by atoms with van der Waals surface area (Å²) in [6, 6.07) is 56.3. The van der Waals surface area contributed by atoms with E-state index in [2.05, 4.69) is 115 Å². The Labute approximate surface area is 287 Å². The molecule has 0 radical (unpaired) electrons. The third-order valence-electron chi connectivity index (χ3n) is 9.58. The second kappa shape index (κ2) is 11.5. The van der Waals surface area contributed by atoms with E-state index in [0.29, 0.717) is 0 Å². The second-order valence-electron chi connectivity index (χ2n) is 12.6. The molecule has 0 saturated heterocycles. The highest BCUT2D eigenvalue weighted by Crippen LogP contribution is 2.42. The molecule has 5 heteroatoms. The fraction of sp³-hybridized carbons (Fsp3) is 0.0222. The number of nitrogens with zero attached hydrogens (tertiary/aromatic N) is 2. The minimum Gasteiger partial charge on any atom is -0.456 e. The third kappa shape index (κ3) is 4.71. The number of nitrogens with one attached hydrogen (secondary N) is 1. The Bertz CT molecular complexity index is 2770. The molecule has 10 rings (SSSR count). The average molecular weight is 644 g/mol. The molecule has 0 spiro atoms. The molecule has 7 aromatic carbocycles. The second-order valence-corrected chi connectivity index (χ2v) is 12.6. The van der Waals surface area contributed by atoms with E-state index in [1.165, 1.54) is 11.1 Å². The first-order valence-electron chi connectivity index (χ1n) is 16.8. The predicted octanol–water partition coefficient (Wildman–Crippen LogP) is 11.3. The van der Waals surface area contributed by atoms with Crippen LogP contribution in [0.3, 0.4) is 0 Å². The zero-order valence-electron chi connectivity index (χ0n) is 26.9. The van der Waals surface area contributed by atoms with Crippen molar-refractivity contribution in [3.8, 4) is 22.3 Å². The van der Waals surface area contributed by atoms with E-state index in [-0.39, 0.29) is 0 Å². The summed E-state index contributed by atoms with van der Waals surface area (Å²) in [6.45, 7) is 0. The molecule has 0 fully saturated rings. The highest BCUT2D eigenvalue weighted by atomic mass is 16.3. The van der Waals surface area contributed by atoms with Crippen LogP contribution in [0.25, 0.3) is 66.1 Å². The van der Waals surface area contributed by atoms with Crippen molar-refractivity contribution in [3.05, 3.63) is 180 Å². The smallest absolute Gasteiger partial charge is 0.170 e. The minimum atomic E-state index is -0.522. The summed E-state index contributed by atoms with van der Waals surface area (Å²) in [6.07, 6.45) is -0.522. The molecular formula is C45H29N3O2. The molecule has 9 aromatic rings. The van der Waals surface area contributed by atoms with Crippen molar-refractivity contribution in [3.63, 3.8) is 0 Å². The molecular weight excluding hydrogens is 615 g/mol. The Morgan fingerprint density at radius 2 is 0.980 bits per heavy atom. The van der Waals surface area contributed by atoms with Crippen LogP contribution in [-0.4, -0.2) is 11.7 Å². The van der Waals surface area contributed by atoms with E-state index in [4.69, 9.17) is 18.8 Å². The Morgan fingerprint density at radius 3 is 1.74 bits per heavy atom. The van der Waals surface area contributed by atoms with Crippen LogP contribution in [0.5, 0.6) is 0 Å². The number of aliphatic imine (C=N–C) groups is 2. The zero-order chi connectivity index (χ0) is 33.0. The number of para-hydroxylation sites is 2. The zero-order valence-corrected chi connectivity index (χ0v) is 26.9. The molecule has 0 amide bonds. The first kappa shape index (κ1) is 28.3. The van der Waals surface area contributed by atoms with E-state index in [9.17, 15) is 0 Å². The van der Waals surface area contributed by atoms with E-state index in [1.54, 1.807) is 0 Å². The molecule has 50 heavy (non-hydrogen) atoms. The molecule has 1 aliphatic heterocycles. The molecule has 1 atom stereocenters. The number of furan rings is 2. The summed E-state index contributed by atoms with van der Waals surface area (Å²) >= 11 is 0. The number of benzene rings is 7. The summed E-state index contributed by atoms with van der Waals surface area (Å²) in [5, 5.41) is 7.78. The molecule has 236 valence electrons. The maximum absolute atomic E-state index is 6.66. The van der Waals surface area contributed by atoms with Crippen LogP contribution in [0.4, 0.5) is 0 Å². The van der Waals surface area contributed by atoms with Gasteiger partial charge >= 0.3 is 0 Å². The van der Waals surface area contributed by atoms with Crippen LogP contribution in [-0.2, 0) is 0 Å². The number of amidine groups is 2. The minimum absolute atomic E-state index is 0.522. The molecule has 3 heterocycles. The van der Waals surface area contributed by atoms with Gasteiger partial charge in [-0.05, 0) is 41.0 Å². The quantitative estimate of drug-likeness (QED) is 0.203. The van der Waals surface area contributed by atoms with Gasteiger partial charge in [0, 0.05) is 43.8 Å². The monoisotopic (exact) mass is 643 g/mol. The summed E-state index contributed by atoms with van der Waals surface area (Å²) in [5.41, 5.74) is 10.7. The predicted molar refractivity (Wildman–Crippen MR) is 204 cm³/mol. The summed E-state index contributed by atoms with van der Waals surface area (Å²) in [7, 11) is 0. The van der Waals surface area contributed by atoms with Crippen LogP contribution in [0.15, 0.2) is 183 Å². The van der Waals surface area contributed by atoms with Gasteiger partial charge in [-0.25, -0.2) is 9.98 Å². The van der Waals surface area contributed by atoms with Gasteiger partial charge in [-0.15, -0.1) is 0 Å². The van der Waals surface area contributed by atoms with Crippen LogP contribution >= 0.6 is 0 Å². The van der Waals surface area contributed by atoms with Gasteiger partial charge in [-0.3, -0.25) is 0 Å². The standard InChI is InChI=1S/C45H29N3O2/c1-3-11-28(12-4-1)29-19-21-30(22-20-29)33-25-26-37(41-36-16-8-10-18-39(36)50-42(33)41)45-47-43(31-13-5-2-6-14-31)46-44(48-45)32-23-24-35-34-15-7-9-17-38(34)49-40(35)27-32/h1-27,45H,(H,46,47,48). The Kier molecular flexibility index (Phi) is 6.49. The Morgan fingerprint density at radius 1 is 0.420 bits per heavy atom. The Hall–Kier alpha value is -6.72. The highest BCUT2D eigenvalue weighted by Gasteiger charge is 2.26. The Balaban J connectivity index is 1.14. The molecule has 0 aliphatic carbocycles. The lowest BCUT2D eigenvalue weighted by atomic mass is 9.95.